The van der Waals surface area contributed by atoms with E-state index in [1.54, 1.807) is 37.3 Å². The number of hydrogen-bond donors (Lipinski definition) is 1. The number of carbonyl (C=O) groups excluding carboxylic acids is 2. The first kappa shape index (κ1) is 19.8. The third-order valence-corrected chi connectivity index (χ3v) is 4.87. The molecule has 1 amide bonds. The topological polar surface area (TPSA) is 90.3 Å². The largest absolute Gasteiger partial charge is 0.465 e. The van der Waals surface area contributed by atoms with Crippen LogP contribution in [0.2, 0.25) is 0 Å². The summed E-state index contributed by atoms with van der Waals surface area (Å²) < 4.78 is 6.94. The number of methoxy groups -OCH3 is 1. The molecule has 0 saturated carbocycles. The van der Waals surface area contributed by atoms with Crippen molar-refractivity contribution in [2.45, 2.75) is 19.9 Å². The fourth-order valence-corrected chi connectivity index (χ4v) is 3.19. The number of fused-ring (bicyclic) bond motifs is 1. The van der Waals surface area contributed by atoms with Gasteiger partial charge in [0, 0.05) is 23.1 Å². The highest BCUT2D eigenvalue weighted by Crippen LogP contribution is 2.20. The second-order valence-corrected chi connectivity index (χ2v) is 7.09. The molecule has 0 fully saturated rings. The van der Waals surface area contributed by atoms with Crippen molar-refractivity contribution >= 4 is 44.4 Å². The number of carbonyl (C=O) groups is 2. The summed E-state index contributed by atoms with van der Waals surface area (Å²) in [6, 6.07) is 10.3. The van der Waals surface area contributed by atoms with Gasteiger partial charge in [0.1, 0.15) is 0 Å². The maximum Gasteiger partial charge on any atom is 0.338 e. The van der Waals surface area contributed by atoms with Crippen molar-refractivity contribution in [3.05, 3.63) is 68.7 Å². The van der Waals surface area contributed by atoms with Crippen LogP contribution in [0, 0.1) is 6.92 Å². The zero-order valence-corrected chi connectivity index (χ0v) is 16.9. The van der Waals surface area contributed by atoms with Crippen molar-refractivity contribution in [1.82, 2.24) is 9.55 Å². The Kier molecular flexibility index (Phi) is 5.89. The summed E-state index contributed by atoms with van der Waals surface area (Å²) in [4.78, 5) is 41.0. The first-order valence-corrected chi connectivity index (χ1v) is 9.32. The Balaban J connectivity index is 1.73. The molecule has 0 aliphatic carbocycles. The Morgan fingerprint density at radius 3 is 2.79 bits per heavy atom. The zero-order chi connectivity index (χ0) is 20.3. The molecule has 2 aromatic carbocycles. The minimum absolute atomic E-state index is 0.0863. The van der Waals surface area contributed by atoms with Crippen molar-refractivity contribution in [2.24, 2.45) is 0 Å². The van der Waals surface area contributed by atoms with Gasteiger partial charge in [-0.3, -0.25) is 14.2 Å². The van der Waals surface area contributed by atoms with Crippen molar-refractivity contribution in [1.29, 1.82) is 0 Å². The van der Waals surface area contributed by atoms with Crippen LogP contribution >= 0.6 is 15.9 Å². The number of aryl methyl sites for hydroxylation is 1. The SMILES string of the molecule is COC(=O)c1cccc(NC(=O)CCn2cnc3ccc(Br)cc3c2=O)c1C. The molecule has 0 aliphatic heterocycles. The van der Waals surface area contributed by atoms with Crippen molar-refractivity contribution in [3.63, 3.8) is 0 Å². The fraction of sp³-hybridized carbons (Fsp3) is 0.200. The van der Waals surface area contributed by atoms with Gasteiger partial charge in [0.05, 0.1) is 29.9 Å². The van der Waals surface area contributed by atoms with E-state index in [0.29, 0.717) is 27.7 Å². The number of anilines is 1. The minimum Gasteiger partial charge on any atom is -0.465 e. The first-order chi connectivity index (χ1) is 13.4. The lowest BCUT2D eigenvalue weighted by Gasteiger charge is -2.12. The van der Waals surface area contributed by atoms with Gasteiger partial charge in [-0.05, 0) is 42.8 Å². The van der Waals surface area contributed by atoms with Gasteiger partial charge in [-0.15, -0.1) is 0 Å². The van der Waals surface area contributed by atoms with Crippen LogP contribution in [0.4, 0.5) is 5.69 Å². The predicted octanol–water partition coefficient (Wildman–Crippen LogP) is 3.28. The quantitative estimate of drug-likeness (QED) is 0.610. The van der Waals surface area contributed by atoms with Crippen molar-refractivity contribution < 1.29 is 14.3 Å². The number of amides is 1. The number of ether oxygens (including phenoxy) is 1. The van der Waals surface area contributed by atoms with E-state index in [2.05, 4.69) is 26.2 Å². The van der Waals surface area contributed by atoms with Crippen LogP contribution in [0.15, 0.2) is 52.0 Å². The van der Waals surface area contributed by atoms with Crippen LogP contribution in [-0.2, 0) is 16.1 Å². The van der Waals surface area contributed by atoms with Gasteiger partial charge < -0.3 is 10.1 Å². The van der Waals surface area contributed by atoms with Gasteiger partial charge in [0.15, 0.2) is 0 Å². The molecule has 0 unspecified atom stereocenters. The molecule has 8 heteroatoms. The molecule has 144 valence electrons. The number of nitrogens with one attached hydrogen (secondary N) is 1. The number of benzene rings is 2. The normalized spacial score (nSPS) is 10.7. The molecule has 1 N–H and O–H groups in total. The van der Waals surface area contributed by atoms with E-state index < -0.39 is 5.97 Å². The molecule has 0 spiro atoms. The van der Waals surface area contributed by atoms with Crippen molar-refractivity contribution in [2.75, 3.05) is 12.4 Å². The van der Waals surface area contributed by atoms with E-state index in [4.69, 9.17) is 4.74 Å². The summed E-state index contributed by atoms with van der Waals surface area (Å²) in [5, 5.41) is 3.26. The molecule has 0 bridgehead atoms. The Bertz CT molecular complexity index is 1120. The lowest BCUT2D eigenvalue weighted by molar-refractivity contribution is -0.116. The van der Waals surface area contributed by atoms with E-state index >= 15 is 0 Å². The molecule has 1 heterocycles. The van der Waals surface area contributed by atoms with Gasteiger partial charge >= 0.3 is 5.97 Å². The summed E-state index contributed by atoms with van der Waals surface area (Å²) in [7, 11) is 1.31. The predicted molar refractivity (Wildman–Crippen MR) is 109 cm³/mol. The Morgan fingerprint density at radius 2 is 2.04 bits per heavy atom. The standard InChI is InChI=1S/C20H18BrN3O4/c1-12-14(20(27)28-2)4-3-5-16(12)23-18(25)8-9-24-11-22-17-7-6-13(21)10-15(17)19(24)26/h3-7,10-11H,8-9H2,1-2H3,(H,23,25). The highest BCUT2D eigenvalue weighted by Gasteiger charge is 2.14. The summed E-state index contributed by atoms with van der Waals surface area (Å²) in [6.45, 7) is 1.92. The monoisotopic (exact) mass is 443 g/mol. The third kappa shape index (κ3) is 4.12. The summed E-state index contributed by atoms with van der Waals surface area (Å²) in [6.07, 6.45) is 1.53. The number of aromatic nitrogens is 2. The number of esters is 1. The molecule has 0 atom stereocenters. The molecule has 3 aromatic rings. The van der Waals surface area contributed by atoms with Crippen LogP contribution < -0.4 is 10.9 Å². The molecule has 28 heavy (non-hydrogen) atoms. The lowest BCUT2D eigenvalue weighted by atomic mass is 10.1. The average molecular weight is 444 g/mol. The molecular formula is C20H18BrN3O4. The fourth-order valence-electron chi connectivity index (χ4n) is 2.83. The summed E-state index contributed by atoms with van der Waals surface area (Å²) in [5.41, 5.74) is 1.94. The van der Waals surface area contributed by atoms with Crippen LogP contribution in [0.3, 0.4) is 0 Å². The minimum atomic E-state index is -0.464. The number of rotatable bonds is 5. The van der Waals surface area contributed by atoms with Crippen LogP contribution in [0.25, 0.3) is 10.9 Å². The first-order valence-electron chi connectivity index (χ1n) is 8.53. The van der Waals surface area contributed by atoms with Gasteiger partial charge in [0.25, 0.3) is 5.56 Å². The number of nitrogens with zero attached hydrogens (tertiary/aromatic N) is 2. The van der Waals surface area contributed by atoms with E-state index in [9.17, 15) is 14.4 Å². The van der Waals surface area contributed by atoms with E-state index in [0.717, 1.165) is 4.47 Å². The zero-order valence-electron chi connectivity index (χ0n) is 15.4. The summed E-state index contributed by atoms with van der Waals surface area (Å²) >= 11 is 3.35. The molecule has 3 rings (SSSR count). The number of hydrogen-bond acceptors (Lipinski definition) is 5. The Labute approximate surface area is 169 Å². The van der Waals surface area contributed by atoms with Crippen LogP contribution in [-0.4, -0.2) is 28.5 Å². The molecule has 0 radical (unpaired) electrons. The van der Waals surface area contributed by atoms with Crippen molar-refractivity contribution in [3.8, 4) is 0 Å². The second kappa shape index (κ2) is 8.35. The Morgan fingerprint density at radius 1 is 1.25 bits per heavy atom. The summed E-state index contributed by atoms with van der Waals surface area (Å²) in [5.74, 6) is -0.736. The molecule has 1 aromatic heterocycles. The van der Waals surface area contributed by atoms with E-state index in [1.165, 1.54) is 18.0 Å². The molecule has 0 saturated heterocycles. The highest BCUT2D eigenvalue weighted by molar-refractivity contribution is 9.10. The van der Waals surface area contributed by atoms with Gasteiger partial charge in [-0.25, -0.2) is 9.78 Å². The van der Waals surface area contributed by atoms with Gasteiger partial charge in [-0.2, -0.15) is 0 Å². The number of halogens is 1. The van der Waals surface area contributed by atoms with E-state index in [-0.39, 0.29) is 24.4 Å². The smallest absolute Gasteiger partial charge is 0.338 e. The molecule has 0 aliphatic rings. The van der Waals surface area contributed by atoms with Gasteiger partial charge in [0.2, 0.25) is 5.91 Å². The maximum absolute atomic E-state index is 12.6. The van der Waals surface area contributed by atoms with Crippen LogP contribution in [0.1, 0.15) is 22.3 Å². The highest BCUT2D eigenvalue weighted by atomic mass is 79.9. The van der Waals surface area contributed by atoms with Gasteiger partial charge in [-0.1, -0.05) is 22.0 Å². The lowest BCUT2D eigenvalue weighted by Crippen LogP contribution is -2.24. The molecule has 7 nitrogen and oxygen atoms in total. The maximum atomic E-state index is 12.6. The average Bonchev–Trinajstić information content (AvgIpc) is 2.69. The third-order valence-electron chi connectivity index (χ3n) is 4.38. The molecular weight excluding hydrogens is 426 g/mol. The second-order valence-electron chi connectivity index (χ2n) is 6.17. The van der Waals surface area contributed by atoms with Crippen LogP contribution in [0.5, 0.6) is 0 Å². The van der Waals surface area contributed by atoms with E-state index in [1.807, 2.05) is 6.07 Å². The Hall–Kier alpha value is -3.00.